The maximum absolute atomic E-state index is 13.1. The second-order valence-corrected chi connectivity index (χ2v) is 9.38. The summed E-state index contributed by atoms with van der Waals surface area (Å²) in [5.41, 5.74) is -0.881. The summed E-state index contributed by atoms with van der Waals surface area (Å²) < 4.78 is 39.8. The second-order valence-electron chi connectivity index (χ2n) is 8.38. The Morgan fingerprint density at radius 3 is 2.74 bits per heavy atom. The molecular weight excluding hydrogens is 469 g/mol. The van der Waals surface area contributed by atoms with Gasteiger partial charge in [-0.15, -0.1) is 11.3 Å². The first-order valence-electron chi connectivity index (χ1n) is 10.8. The maximum atomic E-state index is 13.1. The molecule has 0 aliphatic carbocycles. The molecule has 34 heavy (non-hydrogen) atoms. The number of carbonyl (C=O) groups excluding carboxylic acids is 2. The minimum absolute atomic E-state index is 0.0304. The Kier molecular flexibility index (Phi) is 6.48. The summed E-state index contributed by atoms with van der Waals surface area (Å²) in [5, 5.41) is 2.65. The van der Waals surface area contributed by atoms with Gasteiger partial charge in [0.1, 0.15) is 11.4 Å². The molecule has 1 atom stereocenters. The highest BCUT2D eigenvalue weighted by Gasteiger charge is 2.31. The lowest BCUT2D eigenvalue weighted by Gasteiger charge is -2.33. The van der Waals surface area contributed by atoms with E-state index in [1.54, 1.807) is 6.92 Å². The van der Waals surface area contributed by atoms with Crippen LogP contribution in [-0.2, 0) is 17.5 Å². The molecule has 1 aliphatic heterocycles. The van der Waals surface area contributed by atoms with Crippen molar-refractivity contribution in [3.05, 3.63) is 57.0 Å². The van der Waals surface area contributed by atoms with E-state index in [1.807, 2.05) is 11.8 Å². The largest absolute Gasteiger partial charge is 0.416 e. The van der Waals surface area contributed by atoms with Crippen molar-refractivity contribution in [3.8, 4) is 0 Å². The standard InChI is InChI=1S/C23H23F3N4O3S/c1-13-6-3-4-9-30(13)22(33)19-14(2)18-20(34-19)27-12-29(21(18)32)11-17(31)28-16-8-5-7-15(10-16)23(24,25)26/h5,7-8,10,12-13H,3-4,6,9,11H2,1-2H3,(H,28,31)/t13-/m1/s1. The number of anilines is 1. The molecule has 0 saturated carbocycles. The highest BCUT2D eigenvalue weighted by molar-refractivity contribution is 7.20. The summed E-state index contributed by atoms with van der Waals surface area (Å²) in [5.74, 6) is -0.796. The number of carbonyl (C=O) groups is 2. The highest BCUT2D eigenvalue weighted by Crippen LogP contribution is 2.31. The minimum atomic E-state index is -4.54. The zero-order chi connectivity index (χ0) is 24.6. The lowest BCUT2D eigenvalue weighted by Crippen LogP contribution is -2.41. The number of hydrogen-bond acceptors (Lipinski definition) is 5. The van der Waals surface area contributed by atoms with Gasteiger partial charge in [0.05, 0.1) is 22.2 Å². The summed E-state index contributed by atoms with van der Waals surface area (Å²) in [4.78, 5) is 45.6. The van der Waals surface area contributed by atoms with Gasteiger partial charge in [0.2, 0.25) is 5.91 Å². The average molecular weight is 493 g/mol. The van der Waals surface area contributed by atoms with Crippen LogP contribution in [0.25, 0.3) is 10.2 Å². The van der Waals surface area contributed by atoms with Gasteiger partial charge in [-0.25, -0.2) is 4.98 Å². The van der Waals surface area contributed by atoms with Crippen LogP contribution in [0.1, 0.15) is 47.0 Å². The van der Waals surface area contributed by atoms with E-state index in [-0.39, 0.29) is 23.0 Å². The Morgan fingerprint density at radius 1 is 1.26 bits per heavy atom. The first-order valence-corrected chi connectivity index (χ1v) is 11.6. The van der Waals surface area contributed by atoms with Gasteiger partial charge >= 0.3 is 6.18 Å². The van der Waals surface area contributed by atoms with Crippen LogP contribution in [-0.4, -0.2) is 38.9 Å². The van der Waals surface area contributed by atoms with Crippen molar-refractivity contribution in [2.45, 2.75) is 51.9 Å². The van der Waals surface area contributed by atoms with Gasteiger partial charge in [-0.1, -0.05) is 6.07 Å². The molecule has 2 amide bonds. The van der Waals surface area contributed by atoms with E-state index in [2.05, 4.69) is 10.3 Å². The molecule has 1 aliphatic rings. The molecule has 1 N–H and O–H groups in total. The van der Waals surface area contributed by atoms with Crippen molar-refractivity contribution in [1.82, 2.24) is 14.5 Å². The van der Waals surface area contributed by atoms with Gasteiger partial charge in [0, 0.05) is 18.3 Å². The van der Waals surface area contributed by atoms with E-state index in [4.69, 9.17) is 0 Å². The number of alkyl halides is 3. The molecule has 180 valence electrons. The van der Waals surface area contributed by atoms with Crippen molar-refractivity contribution in [2.75, 3.05) is 11.9 Å². The molecule has 0 radical (unpaired) electrons. The molecule has 2 aromatic heterocycles. The fourth-order valence-corrected chi connectivity index (χ4v) is 5.23. The number of nitrogens with one attached hydrogen (secondary N) is 1. The van der Waals surface area contributed by atoms with Crippen molar-refractivity contribution in [2.24, 2.45) is 0 Å². The maximum Gasteiger partial charge on any atom is 0.416 e. The summed E-state index contributed by atoms with van der Waals surface area (Å²) in [7, 11) is 0. The Balaban J connectivity index is 1.57. The predicted molar refractivity (Wildman–Crippen MR) is 123 cm³/mol. The van der Waals surface area contributed by atoms with Crippen LogP contribution in [0, 0.1) is 6.92 Å². The third kappa shape index (κ3) is 4.70. The van der Waals surface area contributed by atoms with Crippen molar-refractivity contribution < 1.29 is 22.8 Å². The first-order chi connectivity index (χ1) is 16.1. The van der Waals surface area contributed by atoms with Crippen LogP contribution in [0.5, 0.6) is 0 Å². The Hall–Kier alpha value is -3.21. The van der Waals surface area contributed by atoms with E-state index in [0.717, 1.165) is 47.3 Å². The molecule has 7 nitrogen and oxygen atoms in total. The molecule has 3 heterocycles. The number of nitrogens with zero attached hydrogens (tertiary/aromatic N) is 3. The molecule has 0 spiro atoms. The van der Waals surface area contributed by atoms with Crippen molar-refractivity contribution >= 4 is 39.1 Å². The van der Waals surface area contributed by atoms with Crippen LogP contribution in [0.2, 0.25) is 0 Å². The number of fused-ring (bicyclic) bond motifs is 1. The Labute approximate surface area is 197 Å². The number of likely N-dealkylation sites (tertiary alicyclic amines) is 1. The number of thiophene rings is 1. The monoisotopic (exact) mass is 492 g/mol. The first kappa shape index (κ1) is 23.9. The minimum Gasteiger partial charge on any atom is -0.335 e. The zero-order valence-electron chi connectivity index (χ0n) is 18.6. The smallest absolute Gasteiger partial charge is 0.335 e. The van der Waals surface area contributed by atoms with Gasteiger partial charge in [0.15, 0.2) is 0 Å². The predicted octanol–water partition coefficient (Wildman–Crippen LogP) is 4.44. The molecule has 3 aromatic rings. The number of halogens is 3. The van der Waals surface area contributed by atoms with Crippen molar-refractivity contribution in [3.63, 3.8) is 0 Å². The van der Waals surface area contributed by atoms with E-state index in [9.17, 15) is 27.6 Å². The summed E-state index contributed by atoms with van der Waals surface area (Å²) >= 11 is 1.15. The molecule has 0 unspecified atom stereocenters. The molecule has 1 saturated heterocycles. The number of hydrogen-bond donors (Lipinski definition) is 1. The number of rotatable bonds is 4. The number of amides is 2. The Bertz CT molecular complexity index is 1320. The highest BCUT2D eigenvalue weighted by atomic mass is 32.1. The molecule has 4 rings (SSSR count). The number of benzene rings is 1. The van der Waals surface area contributed by atoms with Gasteiger partial charge in [0.25, 0.3) is 11.5 Å². The van der Waals surface area contributed by atoms with E-state index in [1.165, 1.54) is 18.5 Å². The fourth-order valence-electron chi connectivity index (χ4n) is 4.13. The third-order valence-electron chi connectivity index (χ3n) is 5.96. The normalized spacial score (nSPS) is 16.6. The van der Waals surface area contributed by atoms with Crippen LogP contribution >= 0.6 is 11.3 Å². The van der Waals surface area contributed by atoms with E-state index < -0.39 is 29.8 Å². The average Bonchev–Trinajstić information content (AvgIpc) is 3.12. The van der Waals surface area contributed by atoms with Crippen LogP contribution in [0.3, 0.4) is 0 Å². The molecule has 0 bridgehead atoms. The summed E-state index contributed by atoms with van der Waals surface area (Å²) in [6, 6.07) is 4.37. The number of aromatic nitrogens is 2. The topological polar surface area (TPSA) is 84.3 Å². The zero-order valence-corrected chi connectivity index (χ0v) is 19.4. The van der Waals surface area contributed by atoms with Crippen molar-refractivity contribution in [1.29, 1.82) is 0 Å². The van der Waals surface area contributed by atoms with E-state index >= 15 is 0 Å². The van der Waals surface area contributed by atoms with Crippen LogP contribution in [0.4, 0.5) is 18.9 Å². The third-order valence-corrected chi connectivity index (χ3v) is 7.15. The summed E-state index contributed by atoms with van der Waals surface area (Å²) in [6.07, 6.45) is -0.382. The van der Waals surface area contributed by atoms with Crippen LogP contribution < -0.4 is 10.9 Å². The summed E-state index contributed by atoms with van der Waals surface area (Å²) in [6.45, 7) is 3.94. The Morgan fingerprint density at radius 2 is 2.03 bits per heavy atom. The lowest BCUT2D eigenvalue weighted by atomic mass is 10.0. The second kappa shape index (κ2) is 9.21. The fraction of sp³-hybridized carbons (Fsp3) is 0.391. The molecule has 1 fully saturated rings. The van der Waals surface area contributed by atoms with Gasteiger partial charge in [-0.3, -0.25) is 19.0 Å². The van der Waals surface area contributed by atoms with E-state index in [0.29, 0.717) is 21.8 Å². The van der Waals surface area contributed by atoms with Gasteiger partial charge < -0.3 is 10.2 Å². The SMILES string of the molecule is Cc1c(C(=O)N2CCCC[C@H]2C)sc2ncn(CC(=O)Nc3cccc(C(F)(F)F)c3)c(=O)c12. The molecular formula is C23H23F3N4O3S. The van der Waals surface area contributed by atoms with Gasteiger partial charge in [-0.05, 0) is 56.9 Å². The number of piperidine rings is 1. The van der Waals surface area contributed by atoms with Crippen LogP contribution in [0.15, 0.2) is 35.4 Å². The number of aryl methyl sites for hydroxylation is 1. The lowest BCUT2D eigenvalue weighted by molar-refractivity contribution is -0.137. The molecule has 11 heteroatoms. The quantitative estimate of drug-likeness (QED) is 0.584. The van der Waals surface area contributed by atoms with Gasteiger partial charge in [-0.2, -0.15) is 13.2 Å². The molecule has 1 aromatic carbocycles.